The summed E-state index contributed by atoms with van der Waals surface area (Å²) in [4.78, 5) is 32.6. The maximum atomic E-state index is 15.2. The number of hydrogen-bond donors (Lipinski definition) is 5. The quantitative estimate of drug-likeness (QED) is 0.267. The van der Waals surface area contributed by atoms with Crippen molar-refractivity contribution in [1.29, 1.82) is 0 Å². The maximum absolute atomic E-state index is 15.2. The van der Waals surface area contributed by atoms with Crippen LogP contribution in [-0.4, -0.2) is 140 Å². The first-order valence-corrected chi connectivity index (χ1v) is 13.4. The first-order valence-electron chi connectivity index (χ1n) is 13.4. The van der Waals surface area contributed by atoms with Gasteiger partial charge in [-0.25, -0.2) is 19.2 Å². The fourth-order valence-electron chi connectivity index (χ4n) is 6.57. The van der Waals surface area contributed by atoms with Gasteiger partial charge in [-0.15, -0.1) is 0 Å². The number of nitrogens with zero attached hydrogens (tertiary/aromatic N) is 4. The maximum Gasteiger partial charge on any atom is 0.229 e. The first-order chi connectivity index (χ1) is 17.4. The summed E-state index contributed by atoms with van der Waals surface area (Å²) < 4.78 is 29.0. The molecule has 204 valence electrons. The molecule has 8 unspecified atom stereocenters. The third-order valence-electron chi connectivity index (χ3n) is 8.55. The lowest BCUT2D eigenvalue weighted by molar-refractivity contribution is -0.137. The third-order valence-corrected chi connectivity index (χ3v) is 8.55. The average Bonchev–Trinajstić information content (AvgIpc) is 3.47. The number of fused-ring (bicyclic) bond motifs is 1. The van der Waals surface area contributed by atoms with Gasteiger partial charge in [-0.05, 0) is 19.5 Å². The van der Waals surface area contributed by atoms with E-state index in [1.54, 1.807) is 5.01 Å². The van der Waals surface area contributed by atoms with E-state index in [4.69, 9.17) is 5.73 Å². The molecule has 5 heterocycles. The van der Waals surface area contributed by atoms with Crippen molar-refractivity contribution in [2.24, 2.45) is 17.6 Å². The normalized spacial score (nSPS) is 40.8. The predicted octanol–water partition coefficient (Wildman–Crippen LogP) is -2.74. The molecule has 5 rings (SSSR count). The molecule has 0 aromatic carbocycles. The summed E-state index contributed by atoms with van der Waals surface area (Å²) in [5.41, 5.74) is 9.18. The van der Waals surface area contributed by atoms with Gasteiger partial charge in [-0.1, -0.05) is 6.92 Å². The number of carbonyl (C=O) groups excluding carboxylic acids is 2. The van der Waals surface area contributed by atoms with E-state index >= 15 is 4.39 Å². The molecule has 13 heteroatoms. The summed E-state index contributed by atoms with van der Waals surface area (Å²) in [6.45, 7) is 8.17. The average molecular weight is 514 g/mol. The van der Waals surface area contributed by atoms with Gasteiger partial charge < -0.3 is 26.2 Å². The fraction of sp³-hybridized carbons (Fsp3) is 0.913. The van der Waals surface area contributed by atoms with Crippen molar-refractivity contribution in [2.75, 3.05) is 72.0 Å². The Labute approximate surface area is 211 Å². The summed E-state index contributed by atoms with van der Waals surface area (Å²) in [7, 11) is 0. The molecule has 6 N–H and O–H groups in total. The molecule has 8 atom stereocenters. The van der Waals surface area contributed by atoms with E-state index in [1.165, 1.54) is 0 Å². The standard InChI is InChI=1S/C23H41F2N9O2/c1-2-31-4-3-14(12-31)23(36)33-7-5-32(6-8-33)19-16(25)10-27-11-17(19)29-22(35)18-20(26)30-34-13-15(24)9-28-21(18)34/h14-21,27-28,30H,2-13,26H2,1H3,(H,29,35). The van der Waals surface area contributed by atoms with Gasteiger partial charge in [0.05, 0.1) is 36.3 Å². The lowest BCUT2D eigenvalue weighted by Gasteiger charge is -2.46. The van der Waals surface area contributed by atoms with Gasteiger partial charge in [0, 0.05) is 58.9 Å². The lowest BCUT2D eigenvalue weighted by atomic mass is 9.94. The van der Waals surface area contributed by atoms with Crippen LogP contribution in [0.2, 0.25) is 0 Å². The molecule has 0 bridgehead atoms. The van der Waals surface area contributed by atoms with Gasteiger partial charge >= 0.3 is 0 Å². The van der Waals surface area contributed by atoms with Crippen molar-refractivity contribution in [1.82, 2.24) is 41.1 Å². The number of amides is 2. The van der Waals surface area contributed by atoms with Crippen LogP contribution >= 0.6 is 0 Å². The van der Waals surface area contributed by atoms with Crippen molar-refractivity contribution in [3.63, 3.8) is 0 Å². The Bertz CT molecular complexity index is 802. The first kappa shape index (κ1) is 26.1. The molecule has 0 spiro atoms. The van der Waals surface area contributed by atoms with Gasteiger partial charge in [0.25, 0.3) is 0 Å². The van der Waals surface area contributed by atoms with Crippen LogP contribution in [0.1, 0.15) is 13.3 Å². The number of likely N-dealkylation sites (tertiary alicyclic amines) is 1. The van der Waals surface area contributed by atoms with Crippen LogP contribution in [0.15, 0.2) is 0 Å². The summed E-state index contributed by atoms with van der Waals surface area (Å²) in [5.74, 6) is -0.628. The number of halogens is 2. The molecule has 36 heavy (non-hydrogen) atoms. The van der Waals surface area contributed by atoms with Crippen LogP contribution in [0.25, 0.3) is 0 Å². The topological polar surface area (TPSA) is 121 Å². The SMILES string of the molecule is CCN1CCC(C(=O)N2CCN(C3C(F)CNCC3NC(=O)C3C(N)NN4CC(F)CNC34)CC2)C1. The largest absolute Gasteiger partial charge is 0.350 e. The van der Waals surface area contributed by atoms with Crippen LogP contribution in [0.5, 0.6) is 0 Å². The summed E-state index contributed by atoms with van der Waals surface area (Å²) >= 11 is 0. The minimum atomic E-state index is -1.15. The minimum Gasteiger partial charge on any atom is -0.350 e. The predicted molar refractivity (Wildman–Crippen MR) is 130 cm³/mol. The lowest BCUT2D eigenvalue weighted by Crippen LogP contribution is -2.68. The molecular weight excluding hydrogens is 472 g/mol. The second-order valence-corrected chi connectivity index (χ2v) is 10.8. The van der Waals surface area contributed by atoms with Crippen LogP contribution < -0.4 is 27.1 Å². The second kappa shape index (κ2) is 11.1. The summed E-state index contributed by atoms with van der Waals surface area (Å²) in [5, 5.41) is 10.9. The van der Waals surface area contributed by atoms with E-state index < -0.39 is 42.7 Å². The van der Waals surface area contributed by atoms with Crippen molar-refractivity contribution < 1.29 is 18.4 Å². The Morgan fingerprint density at radius 3 is 2.56 bits per heavy atom. The summed E-state index contributed by atoms with van der Waals surface area (Å²) in [6, 6.07) is -0.916. The number of hydrazine groups is 1. The smallest absolute Gasteiger partial charge is 0.229 e. The zero-order valence-corrected chi connectivity index (χ0v) is 21.0. The highest BCUT2D eigenvalue weighted by Gasteiger charge is 2.48. The number of hydrogen-bond acceptors (Lipinski definition) is 9. The molecule has 5 aliphatic rings. The van der Waals surface area contributed by atoms with Gasteiger partial charge in [-0.3, -0.25) is 19.8 Å². The minimum absolute atomic E-state index is 0.0567. The van der Waals surface area contributed by atoms with E-state index in [0.717, 1.165) is 26.1 Å². The monoisotopic (exact) mass is 513 g/mol. The highest BCUT2D eigenvalue weighted by Crippen LogP contribution is 2.25. The van der Waals surface area contributed by atoms with Crippen LogP contribution in [-0.2, 0) is 9.59 Å². The molecule has 11 nitrogen and oxygen atoms in total. The van der Waals surface area contributed by atoms with E-state index in [-0.39, 0.29) is 37.4 Å². The summed E-state index contributed by atoms with van der Waals surface area (Å²) in [6.07, 6.45) is -2.34. The van der Waals surface area contributed by atoms with E-state index in [2.05, 4.69) is 38.1 Å². The number of carbonyl (C=O) groups is 2. The number of piperazine rings is 1. The Morgan fingerprint density at radius 1 is 1.06 bits per heavy atom. The van der Waals surface area contributed by atoms with E-state index in [1.807, 2.05) is 4.90 Å². The van der Waals surface area contributed by atoms with E-state index in [9.17, 15) is 14.0 Å². The molecule has 0 aromatic heterocycles. The Hall–Kier alpha value is -1.48. The van der Waals surface area contributed by atoms with Crippen molar-refractivity contribution >= 4 is 11.8 Å². The van der Waals surface area contributed by atoms with E-state index in [0.29, 0.717) is 32.7 Å². The van der Waals surface area contributed by atoms with Crippen molar-refractivity contribution in [3.8, 4) is 0 Å². The Kier molecular flexibility index (Phi) is 8.06. The van der Waals surface area contributed by atoms with Crippen molar-refractivity contribution in [3.05, 3.63) is 0 Å². The highest BCUT2D eigenvalue weighted by molar-refractivity contribution is 5.81. The molecule has 0 aliphatic carbocycles. The van der Waals surface area contributed by atoms with Crippen LogP contribution in [0.4, 0.5) is 8.78 Å². The van der Waals surface area contributed by atoms with Gasteiger partial charge in [0.2, 0.25) is 11.8 Å². The molecule has 0 radical (unpaired) electrons. The third kappa shape index (κ3) is 5.24. The number of rotatable bonds is 5. The molecule has 5 saturated heterocycles. The Morgan fingerprint density at radius 2 is 1.83 bits per heavy atom. The molecule has 5 fully saturated rings. The van der Waals surface area contributed by atoms with Crippen LogP contribution in [0, 0.1) is 11.8 Å². The highest BCUT2D eigenvalue weighted by atomic mass is 19.1. The Balaban J connectivity index is 1.18. The van der Waals surface area contributed by atoms with Crippen molar-refractivity contribution in [2.45, 2.75) is 50.1 Å². The van der Waals surface area contributed by atoms with Gasteiger partial charge in [0.1, 0.15) is 12.3 Å². The zero-order chi connectivity index (χ0) is 25.4. The number of nitrogens with one attached hydrogen (secondary N) is 4. The van der Waals surface area contributed by atoms with Gasteiger partial charge in [0.15, 0.2) is 0 Å². The number of piperidine rings is 1. The molecule has 2 amide bonds. The molecule has 0 aromatic rings. The zero-order valence-electron chi connectivity index (χ0n) is 21.0. The molecule has 5 aliphatic heterocycles. The molecule has 0 saturated carbocycles. The molecular formula is C23H41F2N9O2. The van der Waals surface area contributed by atoms with Gasteiger partial charge in [-0.2, -0.15) is 0 Å². The fourth-order valence-corrected chi connectivity index (χ4v) is 6.57. The van der Waals surface area contributed by atoms with Crippen LogP contribution in [0.3, 0.4) is 0 Å². The number of alkyl halides is 2. The number of nitrogens with two attached hydrogens (primary N) is 1. The second-order valence-electron chi connectivity index (χ2n) is 10.8.